The van der Waals surface area contributed by atoms with Crippen LogP contribution in [0.4, 0.5) is 0 Å². The van der Waals surface area contributed by atoms with E-state index in [1.165, 1.54) is 6.20 Å². The van der Waals surface area contributed by atoms with E-state index in [2.05, 4.69) is 10.3 Å². The predicted molar refractivity (Wildman–Crippen MR) is 81.5 cm³/mol. The van der Waals surface area contributed by atoms with Crippen LogP contribution in [-0.4, -0.2) is 32.2 Å². The number of carbonyl (C=O) groups is 1. The molecule has 1 aromatic carbocycles. The van der Waals surface area contributed by atoms with Gasteiger partial charge in [0.25, 0.3) is 5.91 Å². The molecular weight excluding hydrogens is 284 g/mol. The van der Waals surface area contributed by atoms with E-state index >= 15 is 0 Å². The minimum Gasteiger partial charge on any atom is -0.496 e. The van der Waals surface area contributed by atoms with Gasteiger partial charge in [-0.25, -0.2) is 0 Å². The van der Waals surface area contributed by atoms with Crippen LogP contribution in [0.2, 0.25) is 0 Å². The van der Waals surface area contributed by atoms with Gasteiger partial charge in [-0.05, 0) is 12.1 Å². The second-order valence-corrected chi connectivity index (χ2v) is 4.43. The standard InChI is InChI=1S/C16H18N2O4/c1-20-12-7-14(21-2)13(15(8-12)22-3)10-18-16(19)11-5-4-6-17-9-11/h4-9H,10H2,1-3H3,(H,18,19). The third-order valence-electron chi connectivity index (χ3n) is 3.17. The fraction of sp³-hybridized carbons (Fsp3) is 0.250. The molecule has 0 saturated carbocycles. The number of amides is 1. The minimum atomic E-state index is -0.215. The summed E-state index contributed by atoms with van der Waals surface area (Å²) in [5.74, 6) is 1.58. The molecule has 6 heteroatoms. The molecule has 22 heavy (non-hydrogen) atoms. The molecule has 0 aliphatic heterocycles. The van der Waals surface area contributed by atoms with Gasteiger partial charge in [-0.1, -0.05) is 0 Å². The number of ether oxygens (including phenoxy) is 3. The summed E-state index contributed by atoms with van der Waals surface area (Å²) >= 11 is 0. The number of nitrogens with zero attached hydrogens (tertiary/aromatic N) is 1. The van der Waals surface area contributed by atoms with Crippen molar-refractivity contribution in [1.29, 1.82) is 0 Å². The Morgan fingerprint density at radius 2 is 1.82 bits per heavy atom. The minimum absolute atomic E-state index is 0.215. The van der Waals surface area contributed by atoms with Gasteiger partial charge in [0.15, 0.2) is 0 Å². The Bertz CT molecular complexity index is 619. The van der Waals surface area contributed by atoms with Crippen molar-refractivity contribution in [3.05, 3.63) is 47.8 Å². The number of benzene rings is 1. The Hall–Kier alpha value is -2.76. The molecule has 0 radical (unpaired) electrons. The monoisotopic (exact) mass is 302 g/mol. The van der Waals surface area contributed by atoms with Gasteiger partial charge in [0.2, 0.25) is 0 Å². The van der Waals surface area contributed by atoms with Crippen molar-refractivity contribution in [3.63, 3.8) is 0 Å². The van der Waals surface area contributed by atoms with Crippen molar-refractivity contribution >= 4 is 5.91 Å². The van der Waals surface area contributed by atoms with Crippen molar-refractivity contribution in [1.82, 2.24) is 10.3 Å². The third-order valence-corrected chi connectivity index (χ3v) is 3.17. The summed E-state index contributed by atoms with van der Waals surface area (Å²) in [4.78, 5) is 16.0. The van der Waals surface area contributed by atoms with Crippen LogP contribution in [0.5, 0.6) is 17.2 Å². The number of rotatable bonds is 6. The Balaban J connectivity index is 2.20. The molecule has 0 aliphatic rings. The molecule has 0 bridgehead atoms. The van der Waals surface area contributed by atoms with Gasteiger partial charge in [-0.2, -0.15) is 0 Å². The first-order valence-electron chi connectivity index (χ1n) is 6.66. The van der Waals surface area contributed by atoms with Crippen LogP contribution in [0.1, 0.15) is 15.9 Å². The maximum atomic E-state index is 12.1. The van der Waals surface area contributed by atoms with Gasteiger partial charge in [0, 0.05) is 24.5 Å². The molecule has 1 N–H and O–H groups in total. The summed E-state index contributed by atoms with van der Waals surface area (Å²) in [6.45, 7) is 0.268. The van der Waals surface area contributed by atoms with E-state index in [9.17, 15) is 4.79 Å². The van der Waals surface area contributed by atoms with Crippen LogP contribution in [0.3, 0.4) is 0 Å². The fourth-order valence-electron chi connectivity index (χ4n) is 2.02. The molecule has 0 spiro atoms. The number of carbonyl (C=O) groups excluding carboxylic acids is 1. The highest BCUT2D eigenvalue weighted by atomic mass is 16.5. The zero-order chi connectivity index (χ0) is 15.9. The third kappa shape index (κ3) is 3.46. The van der Waals surface area contributed by atoms with Crippen LogP contribution >= 0.6 is 0 Å². The molecule has 0 atom stereocenters. The van der Waals surface area contributed by atoms with Gasteiger partial charge >= 0.3 is 0 Å². The number of aromatic nitrogens is 1. The number of pyridine rings is 1. The highest BCUT2D eigenvalue weighted by Crippen LogP contribution is 2.33. The summed E-state index contributed by atoms with van der Waals surface area (Å²) in [6, 6.07) is 6.90. The molecule has 116 valence electrons. The van der Waals surface area contributed by atoms with Crippen LogP contribution in [0.25, 0.3) is 0 Å². The Morgan fingerprint density at radius 1 is 1.14 bits per heavy atom. The van der Waals surface area contributed by atoms with Gasteiger partial charge in [0.05, 0.1) is 39.0 Å². The zero-order valence-corrected chi connectivity index (χ0v) is 12.8. The summed E-state index contributed by atoms with van der Waals surface area (Å²) in [7, 11) is 4.68. The molecule has 6 nitrogen and oxygen atoms in total. The first kappa shape index (κ1) is 15.6. The summed E-state index contributed by atoms with van der Waals surface area (Å²) in [5.41, 5.74) is 1.23. The number of nitrogens with one attached hydrogen (secondary N) is 1. The molecule has 1 heterocycles. The average Bonchev–Trinajstić information content (AvgIpc) is 2.59. The first-order valence-corrected chi connectivity index (χ1v) is 6.66. The van der Waals surface area contributed by atoms with E-state index in [-0.39, 0.29) is 12.5 Å². The zero-order valence-electron chi connectivity index (χ0n) is 12.8. The molecule has 1 amide bonds. The maximum absolute atomic E-state index is 12.1. The second kappa shape index (κ2) is 7.31. The molecule has 2 aromatic rings. The average molecular weight is 302 g/mol. The van der Waals surface area contributed by atoms with Crippen LogP contribution < -0.4 is 19.5 Å². The lowest BCUT2D eigenvalue weighted by molar-refractivity contribution is 0.0950. The predicted octanol–water partition coefficient (Wildman–Crippen LogP) is 2.04. The second-order valence-electron chi connectivity index (χ2n) is 4.43. The molecule has 2 rings (SSSR count). The lowest BCUT2D eigenvalue weighted by Crippen LogP contribution is -2.23. The van der Waals surface area contributed by atoms with Crippen LogP contribution in [0.15, 0.2) is 36.7 Å². The quantitative estimate of drug-likeness (QED) is 0.884. The van der Waals surface area contributed by atoms with Gasteiger partial charge in [-0.3, -0.25) is 9.78 Å². The lowest BCUT2D eigenvalue weighted by Gasteiger charge is -2.15. The molecule has 1 aromatic heterocycles. The Labute approximate surface area is 129 Å². The highest BCUT2D eigenvalue weighted by molar-refractivity contribution is 5.93. The van der Waals surface area contributed by atoms with Crippen LogP contribution in [0, 0.1) is 0 Å². The van der Waals surface area contributed by atoms with Crippen molar-refractivity contribution in [3.8, 4) is 17.2 Å². The smallest absolute Gasteiger partial charge is 0.253 e. The SMILES string of the molecule is COc1cc(OC)c(CNC(=O)c2cccnc2)c(OC)c1. The molecule has 0 saturated heterocycles. The van der Waals surface area contributed by atoms with E-state index in [0.29, 0.717) is 22.8 Å². The molecule has 0 unspecified atom stereocenters. The lowest BCUT2D eigenvalue weighted by atomic mass is 10.1. The Morgan fingerprint density at radius 3 is 2.32 bits per heavy atom. The molecule has 0 aliphatic carbocycles. The van der Waals surface area contributed by atoms with E-state index in [1.54, 1.807) is 51.8 Å². The first-order chi connectivity index (χ1) is 10.7. The van der Waals surface area contributed by atoms with Crippen LogP contribution in [-0.2, 0) is 6.54 Å². The molecular formula is C16H18N2O4. The van der Waals surface area contributed by atoms with Crippen molar-refractivity contribution < 1.29 is 19.0 Å². The van der Waals surface area contributed by atoms with Crippen molar-refractivity contribution in [2.24, 2.45) is 0 Å². The topological polar surface area (TPSA) is 69.7 Å². The van der Waals surface area contributed by atoms with E-state index in [4.69, 9.17) is 14.2 Å². The van der Waals surface area contributed by atoms with Crippen molar-refractivity contribution in [2.75, 3.05) is 21.3 Å². The fourth-order valence-corrected chi connectivity index (χ4v) is 2.02. The van der Waals surface area contributed by atoms with Gasteiger partial charge in [0.1, 0.15) is 17.2 Å². The normalized spacial score (nSPS) is 9.95. The van der Waals surface area contributed by atoms with Gasteiger partial charge in [-0.15, -0.1) is 0 Å². The van der Waals surface area contributed by atoms with E-state index in [0.717, 1.165) is 5.56 Å². The maximum Gasteiger partial charge on any atom is 0.253 e. The Kier molecular flexibility index (Phi) is 5.19. The largest absolute Gasteiger partial charge is 0.496 e. The van der Waals surface area contributed by atoms with Gasteiger partial charge < -0.3 is 19.5 Å². The summed E-state index contributed by atoms with van der Waals surface area (Å²) in [6.07, 6.45) is 3.13. The molecule has 0 fully saturated rings. The van der Waals surface area contributed by atoms with Crippen molar-refractivity contribution in [2.45, 2.75) is 6.54 Å². The van der Waals surface area contributed by atoms with E-state index in [1.807, 2.05) is 0 Å². The number of hydrogen-bond donors (Lipinski definition) is 1. The summed E-state index contributed by atoms with van der Waals surface area (Å²) in [5, 5.41) is 2.82. The van der Waals surface area contributed by atoms with E-state index < -0.39 is 0 Å². The number of hydrogen-bond acceptors (Lipinski definition) is 5. The highest BCUT2D eigenvalue weighted by Gasteiger charge is 2.14. The summed E-state index contributed by atoms with van der Waals surface area (Å²) < 4.78 is 15.9. The number of methoxy groups -OCH3 is 3.